The lowest BCUT2D eigenvalue weighted by molar-refractivity contribution is -0.148. The first kappa shape index (κ1) is 14.3. The zero-order chi connectivity index (χ0) is 14.2. The largest absolute Gasteiger partial charge is 0.451 e. The van der Waals surface area contributed by atoms with E-state index in [1.807, 2.05) is 11.8 Å². The van der Waals surface area contributed by atoms with Crippen LogP contribution < -0.4 is 0 Å². The first-order valence-corrected chi connectivity index (χ1v) is 6.20. The van der Waals surface area contributed by atoms with Crippen molar-refractivity contribution in [2.45, 2.75) is 51.7 Å². The lowest BCUT2D eigenvalue weighted by Gasteiger charge is -2.33. The third-order valence-corrected chi connectivity index (χ3v) is 3.34. The Balaban J connectivity index is 2.11. The molecule has 0 saturated heterocycles. The standard InChI is InChI=1S/C11H17F3N4O/c1-7(5-8(2)19)17-3-4-18-9(6-17)15-16-10(18)11(12,13)14/h7-8,19H,3-6H2,1-2H3. The first-order valence-electron chi connectivity index (χ1n) is 6.20. The van der Waals surface area contributed by atoms with Gasteiger partial charge in [-0.15, -0.1) is 10.2 Å². The fourth-order valence-electron chi connectivity index (χ4n) is 2.41. The average Bonchev–Trinajstić information content (AvgIpc) is 2.69. The smallest absolute Gasteiger partial charge is 0.393 e. The van der Waals surface area contributed by atoms with Gasteiger partial charge >= 0.3 is 6.18 Å². The van der Waals surface area contributed by atoms with E-state index in [4.69, 9.17) is 0 Å². The molecule has 19 heavy (non-hydrogen) atoms. The second kappa shape index (κ2) is 5.09. The Bertz CT molecular complexity index is 444. The lowest BCUT2D eigenvalue weighted by Crippen LogP contribution is -2.41. The van der Waals surface area contributed by atoms with Crippen LogP contribution in [0.2, 0.25) is 0 Å². The van der Waals surface area contributed by atoms with Crippen molar-refractivity contribution < 1.29 is 18.3 Å². The van der Waals surface area contributed by atoms with E-state index < -0.39 is 18.1 Å². The van der Waals surface area contributed by atoms with E-state index in [1.165, 1.54) is 0 Å². The molecule has 1 aliphatic heterocycles. The van der Waals surface area contributed by atoms with Gasteiger partial charge in [-0.3, -0.25) is 4.90 Å². The van der Waals surface area contributed by atoms with Crippen molar-refractivity contribution in [3.8, 4) is 0 Å². The fraction of sp³-hybridized carbons (Fsp3) is 0.818. The number of alkyl halides is 3. The van der Waals surface area contributed by atoms with Gasteiger partial charge in [0, 0.05) is 19.1 Å². The molecule has 1 aromatic rings. The van der Waals surface area contributed by atoms with Crippen LogP contribution in [0.3, 0.4) is 0 Å². The maximum absolute atomic E-state index is 12.7. The van der Waals surface area contributed by atoms with E-state index in [-0.39, 0.29) is 12.6 Å². The van der Waals surface area contributed by atoms with Gasteiger partial charge in [0.1, 0.15) is 5.82 Å². The summed E-state index contributed by atoms with van der Waals surface area (Å²) in [6.45, 7) is 4.70. The van der Waals surface area contributed by atoms with Gasteiger partial charge in [-0.05, 0) is 20.3 Å². The molecule has 0 amide bonds. The molecule has 2 unspecified atom stereocenters. The predicted molar refractivity (Wildman–Crippen MR) is 61.2 cm³/mol. The van der Waals surface area contributed by atoms with E-state index in [9.17, 15) is 18.3 Å². The summed E-state index contributed by atoms with van der Waals surface area (Å²) in [5.74, 6) is -0.596. The Hall–Kier alpha value is -1.15. The minimum Gasteiger partial charge on any atom is -0.393 e. The van der Waals surface area contributed by atoms with E-state index in [2.05, 4.69) is 10.2 Å². The molecule has 5 nitrogen and oxygen atoms in total. The highest BCUT2D eigenvalue weighted by Crippen LogP contribution is 2.29. The summed E-state index contributed by atoms with van der Waals surface area (Å²) in [7, 11) is 0. The zero-order valence-electron chi connectivity index (χ0n) is 10.9. The summed E-state index contributed by atoms with van der Waals surface area (Å²) in [5.41, 5.74) is 0. The summed E-state index contributed by atoms with van der Waals surface area (Å²) in [6, 6.07) is 0.0970. The predicted octanol–water partition coefficient (Wildman–Crippen LogP) is 1.27. The van der Waals surface area contributed by atoms with Crippen molar-refractivity contribution in [2.24, 2.45) is 0 Å². The number of halogens is 3. The second-order valence-electron chi connectivity index (χ2n) is 4.99. The summed E-state index contributed by atoms with van der Waals surface area (Å²) in [6.07, 6.45) is -4.31. The molecule has 1 aliphatic rings. The van der Waals surface area contributed by atoms with Crippen LogP contribution in [-0.4, -0.2) is 43.5 Å². The molecule has 2 atom stereocenters. The van der Waals surface area contributed by atoms with Gasteiger partial charge in [-0.1, -0.05) is 0 Å². The quantitative estimate of drug-likeness (QED) is 0.904. The monoisotopic (exact) mass is 278 g/mol. The highest BCUT2D eigenvalue weighted by atomic mass is 19.4. The van der Waals surface area contributed by atoms with Crippen LogP contribution in [0.5, 0.6) is 0 Å². The number of aliphatic hydroxyl groups excluding tert-OH is 1. The van der Waals surface area contributed by atoms with Gasteiger partial charge < -0.3 is 9.67 Å². The Morgan fingerprint density at radius 1 is 1.26 bits per heavy atom. The number of aliphatic hydroxyl groups is 1. The Labute approximate surface area is 109 Å². The van der Waals surface area contributed by atoms with Gasteiger partial charge in [-0.2, -0.15) is 13.2 Å². The molecule has 0 saturated carbocycles. The fourth-order valence-corrected chi connectivity index (χ4v) is 2.41. The normalized spacial score (nSPS) is 20.1. The van der Waals surface area contributed by atoms with Crippen molar-refractivity contribution >= 4 is 0 Å². The third kappa shape index (κ3) is 3.06. The van der Waals surface area contributed by atoms with Crippen LogP contribution in [0.25, 0.3) is 0 Å². The number of hydrogen-bond acceptors (Lipinski definition) is 4. The summed E-state index contributed by atoms with van der Waals surface area (Å²) >= 11 is 0. The molecular weight excluding hydrogens is 261 g/mol. The van der Waals surface area contributed by atoms with Crippen LogP contribution in [-0.2, 0) is 19.3 Å². The number of fused-ring (bicyclic) bond motifs is 1. The van der Waals surface area contributed by atoms with Gasteiger partial charge in [0.15, 0.2) is 0 Å². The molecule has 0 aliphatic carbocycles. The highest BCUT2D eigenvalue weighted by molar-refractivity contribution is 5.02. The second-order valence-corrected chi connectivity index (χ2v) is 4.99. The van der Waals surface area contributed by atoms with Crippen LogP contribution in [0, 0.1) is 0 Å². The molecule has 0 radical (unpaired) electrons. The van der Waals surface area contributed by atoms with E-state index in [0.717, 1.165) is 4.57 Å². The lowest BCUT2D eigenvalue weighted by atomic mass is 10.1. The molecule has 2 heterocycles. The Morgan fingerprint density at radius 3 is 2.53 bits per heavy atom. The maximum Gasteiger partial charge on any atom is 0.451 e. The van der Waals surface area contributed by atoms with Crippen molar-refractivity contribution in [3.05, 3.63) is 11.6 Å². The van der Waals surface area contributed by atoms with Crippen molar-refractivity contribution in [1.29, 1.82) is 0 Å². The third-order valence-electron chi connectivity index (χ3n) is 3.34. The van der Waals surface area contributed by atoms with E-state index in [0.29, 0.717) is 25.3 Å². The van der Waals surface area contributed by atoms with Gasteiger partial charge in [0.05, 0.1) is 12.6 Å². The van der Waals surface area contributed by atoms with Crippen molar-refractivity contribution in [2.75, 3.05) is 6.54 Å². The first-order chi connectivity index (χ1) is 8.79. The number of rotatable bonds is 3. The molecule has 0 bridgehead atoms. The Morgan fingerprint density at radius 2 is 1.95 bits per heavy atom. The zero-order valence-corrected chi connectivity index (χ0v) is 10.9. The molecule has 0 fully saturated rings. The minimum absolute atomic E-state index is 0.0970. The molecule has 1 N–H and O–H groups in total. The number of hydrogen-bond donors (Lipinski definition) is 1. The van der Waals surface area contributed by atoms with E-state index >= 15 is 0 Å². The van der Waals surface area contributed by atoms with E-state index in [1.54, 1.807) is 6.92 Å². The molecule has 1 aromatic heterocycles. The van der Waals surface area contributed by atoms with Crippen molar-refractivity contribution in [3.63, 3.8) is 0 Å². The summed E-state index contributed by atoms with van der Waals surface area (Å²) in [5, 5.41) is 16.2. The number of nitrogens with zero attached hydrogens (tertiary/aromatic N) is 4. The van der Waals surface area contributed by atoms with Crippen molar-refractivity contribution in [1.82, 2.24) is 19.7 Å². The van der Waals surface area contributed by atoms with Crippen LogP contribution in [0.15, 0.2) is 0 Å². The molecule has 0 spiro atoms. The topological polar surface area (TPSA) is 54.2 Å². The highest BCUT2D eigenvalue weighted by Gasteiger charge is 2.39. The SMILES string of the molecule is CC(O)CC(C)N1CCn2c(nnc2C(F)(F)F)C1. The van der Waals surface area contributed by atoms with Gasteiger partial charge in [0.25, 0.3) is 0 Å². The maximum atomic E-state index is 12.7. The molecule has 8 heteroatoms. The van der Waals surface area contributed by atoms with Crippen LogP contribution in [0.1, 0.15) is 31.9 Å². The van der Waals surface area contributed by atoms with Gasteiger partial charge in [-0.25, -0.2) is 0 Å². The van der Waals surface area contributed by atoms with Gasteiger partial charge in [0.2, 0.25) is 5.82 Å². The average molecular weight is 278 g/mol. The minimum atomic E-state index is -4.46. The molecule has 0 aromatic carbocycles. The molecular formula is C11H17F3N4O. The van der Waals surface area contributed by atoms with Crippen LogP contribution in [0.4, 0.5) is 13.2 Å². The molecule has 108 valence electrons. The summed E-state index contributed by atoms with van der Waals surface area (Å²) < 4.78 is 39.1. The molecule has 2 rings (SSSR count). The summed E-state index contributed by atoms with van der Waals surface area (Å²) in [4.78, 5) is 2.01. The number of aromatic nitrogens is 3. The van der Waals surface area contributed by atoms with Crippen LogP contribution >= 0.6 is 0 Å². The Kier molecular flexibility index (Phi) is 3.82.